The number of nitrogens with zero attached hydrogens (tertiary/aromatic N) is 1. The Morgan fingerprint density at radius 1 is 1.05 bits per heavy atom. The van der Waals surface area contributed by atoms with Crippen LogP contribution in [0.15, 0.2) is 66.7 Å². The van der Waals surface area contributed by atoms with E-state index in [4.69, 9.17) is 13.9 Å². The van der Waals surface area contributed by atoms with Crippen molar-refractivity contribution in [3.63, 3.8) is 0 Å². The number of hydrogen-bond donors (Lipinski definition) is 1. The number of rotatable bonds is 10. The minimum absolute atomic E-state index is 0.00968. The fraction of sp³-hybridized carbons (Fsp3) is 0.414. The van der Waals surface area contributed by atoms with Crippen molar-refractivity contribution in [2.75, 3.05) is 13.7 Å². The van der Waals surface area contributed by atoms with E-state index in [-0.39, 0.29) is 18.3 Å². The van der Waals surface area contributed by atoms with Crippen molar-refractivity contribution >= 4 is 32.4 Å². The van der Waals surface area contributed by atoms with Crippen molar-refractivity contribution in [3.8, 4) is 0 Å². The van der Waals surface area contributed by atoms with E-state index >= 15 is 0 Å². The zero-order valence-electron chi connectivity index (χ0n) is 23.0. The highest BCUT2D eigenvalue weighted by atomic mass is 28.4. The van der Waals surface area contributed by atoms with Crippen LogP contribution in [0.4, 0.5) is 4.79 Å². The second-order valence-electron chi connectivity index (χ2n) is 10.8. The first-order chi connectivity index (χ1) is 17.9. The third kappa shape index (κ3) is 7.11. The van der Waals surface area contributed by atoms with Crippen LogP contribution in [0.2, 0.25) is 18.1 Å². The molecule has 0 aromatic heterocycles. The summed E-state index contributed by atoms with van der Waals surface area (Å²) in [6, 6.07) is 16.4. The first-order valence-corrected chi connectivity index (χ1v) is 15.6. The molecule has 9 heteroatoms. The van der Waals surface area contributed by atoms with E-state index in [9.17, 15) is 14.4 Å². The van der Waals surface area contributed by atoms with Gasteiger partial charge in [0.15, 0.2) is 14.4 Å². The van der Waals surface area contributed by atoms with Crippen molar-refractivity contribution in [1.29, 1.82) is 0 Å². The van der Waals surface area contributed by atoms with Gasteiger partial charge in [-0.05, 0) is 29.3 Å². The lowest BCUT2D eigenvalue weighted by Gasteiger charge is -2.49. The van der Waals surface area contributed by atoms with E-state index in [1.165, 1.54) is 12.0 Å². The fourth-order valence-electron chi connectivity index (χ4n) is 3.81. The maximum Gasteiger partial charge on any atom is 0.408 e. The van der Waals surface area contributed by atoms with E-state index < -0.39 is 44.4 Å². The Labute approximate surface area is 226 Å². The number of hydrogen-bond acceptors (Lipinski definition) is 6. The molecule has 0 radical (unpaired) electrons. The quantitative estimate of drug-likeness (QED) is 0.266. The van der Waals surface area contributed by atoms with Crippen molar-refractivity contribution in [1.82, 2.24) is 10.2 Å². The summed E-state index contributed by atoms with van der Waals surface area (Å²) in [6.07, 6.45) is 2.95. The Bertz CT molecular complexity index is 1130. The summed E-state index contributed by atoms with van der Waals surface area (Å²) < 4.78 is 16.7. The maximum atomic E-state index is 13.3. The predicted molar refractivity (Wildman–Crippen MR) is 149 cm³/mol. The third-order valence-electron chi connectivity index (χ3n) is 7.17. The summed E-state index contributed by atoms with van der Waals surface area (Å²) in [5.41, 5.74) is 1.75. The van der Waals surface area contributed by atoms with Gasteiger partial charge in [-0.2, -0.15) is 0 Å². The zero-order chi connectivity index (χ0) is 27.9. The Hall–Kier alpha value is -3.43. The van der Waals surface area contributed by atoms with Crippen LogP contribution in [0.1, 0.15) is 31.9 Å². The second-order valence-corrected chi connectivity index (χ2v) is 15.6. The van der Waals surface area contributed by atoms with Gasteiger partial charge >= 0.3 is 12.1 Å². The molecular formula is C29H38N2O6Si. The van der Waals surface area contributed by atoms with Crippen LogP contribution in [0.25, 0.3) is 6.08 Å². The molecule has 38 heavy (non-hydrogen) atoms. The molecule has 204 valence electrons. The Balaban J connectivity index is 1.80. The molecule has 2 amide bonds. The van der Waals surface area contributed by atoms with Crippen LogP contribution in [0.3, 0.4) is 0 Å². The number of carbonyl (C=O) groups is 3. The molecule has 0 aliphatic carbocycles. The van der Waals surface area contributed by atoms with Crippen molar-refractivity contribution in [2.24, 2.45) is 0 Å². The van der Waals surface area contributed by atoms with Gasteiger partial charge in [-0.25, -0.2) is 9.59 Å². The number of alkyl carbamates (subject to hydrolysis) is 1. The summed E-state index contributed by atoms with van der Waals surface area (Å²) in [5.74, 6) is -0.973. The number of methoxy groups -OCH3 is 1. The number of β-lactam (4-membered cyclic amide) rings is 1. The van der Waals surface area contributed by atoms with Crippen LogP contribution >= 0.6 is 0 Å². The van der Waals surface area contributed by atoms with Gasteiger partial charge in [0.05, 0.1) is 19.8 Å². The number of ether oxygens (including phenoxy) is 2. The van der Waals surface area contributed by atoms with Gasteiger partial charge < -0.3 is 24.1 Å². The molecule has 3 atom stereocenters. The molecule has 1 aliphatic rings. The van der Waals surface area contributed by atoms with Crippen molar-refractivity contribution in [3.05, 3.63) is 77.9 Å². The molecule has 0 saturated carbocycles. The predicted octanol–water partition coefficient (Wildman–Crippen LogP) is 4.77. The number of likely N-dealkylation sites (tertiary alicyclic amines) is 1. The first kappa shape index (κ1) is 29.1. The molecule has 1 heterocycles. The Morgan fingerprint density at radius 3 is 2.24 bits per heavy atom. The van der Waals surface area contributed by atoms with Gasteiger partial charge in [0.2, 0.25) is 5.91 Å². The molecule has 8 nitrogen and oxygen atoms in total. The Kier molecular flexibility index (Phi) is 9.51. The van der Waals surface area contributed by atoms with Gasteiger partial charge in [-0.3, -0.25) is 4.79 Å². The van der Waals surface area contributed by atoms with Gasteiger partial charge in [0, 0.05) is 0 Å². The molecule has 1 aliphatic heterocycles. The van der Waals surface area contributed by atoms with E-state index in [1.54, 1.807) is 6.08 Å². The molecule has 1 fully saturated rings. The molecule has 2 aromatic rings. The minimum Gasteiger partial charge on any atom is -0.467 e. The molecule has 1 N–H and O–H groups in total. The third-order valence-corrected chi connectivity index (χ3v) is 11.7. The van der Waals surface area contributed by atoms with Gasteiger partial charge in [0.1, 0.15) is 12.6 Å². The van der Waals surface area contributed by atoms with Crippen LogP contribution in [0.5, 0.6) is 0 Å². The topological polar surface area (TPSA) is 94.2 Å². The highest BCUT2D eigenvalue weighted by Gasteiger charge is 2.53. The molecule has 1 saturated heterocycles. The van der Waals surface area contributed by atoms with Crippen LogP contribution in [-0.2, 0) is 30.1 Å². The molecule has 0 bridgehead atoms. The zero-order valence-corrected chi connectivity index (χ0v) is 24.0. The van der Waals surface area contributed by atoms with E-state index in [2.05, 4.69) is 39.2 Å². The summed E-state index contributed by atoms with van der Waals surface area (Å²) in [4.78, 5) is 40.2. The van der Waals surface area contributed by atoms with Crippen molar-refractivity contribution < 1.29 is 28.3 Å². The molecule has 3 rings (SSSR count). The average Bonchev–Trinajstić information content (AvgIpc) is 2.90. The molecular weight excluding hydrogens is 500 g/mol. The second kappa shape index (κ2) is 12.4. The SMILES string of the molecule is COC(=O)[C@@H](CO[Si](C)(C)C(C)(C)C)N1C(=O)[C@@H](NC(=O)OCc2ccccc2)[C@H]1C=Cc1ccccc1. The number of esters is 1. The van der Waals surface area contributed by atoms with Gasteiger partial charge in [0.25, 0.3) is 0 Å². The van der Waals surface area contributed by atoms with E-state index in [0.717, 1.165) is 11.1 Å². The number of nitrogens with one attached hydrogen (secondary N) is 1. The molecule has 0 unspecified atom stereocenters. The lowest BCUT2D eigenvalue weighted by atomic mass is 9.91. The van der Waals surface area contributed by atoms with Crippen molar-refractivity contribution in [2.45, 2.75) is 63.6 Å². The monoisotopic (exact) mass is 538 g/mol. The van der Waals surface area contributed by atoms with E-state index in [0.29, 0.717) is 0 Å². The minimum atomic E-state index is -2.22. The standard InChI is InChI=1S/C29H38N2O6Si/c1-29(2,3)38(5,6)37-20-24(27(33)35-4)31-23(18-17-21-13-9-7-10-14-21)25(26(31)32)30-28(34)36-19-22-15-11-8-12-16-22/h7-18,23-25H,19-20H2,1-6H3,(H,30,34)/t23-,24-,25+/m1/s1. The molecule has 2 aromatic carbocycles. The largest absolute Gasteiger partial charge is 0.467 e. The van der Waals surface area contributed by atoms with Crippen LogP contribution in [0, 0.1) is 0 Å². The number of carbonyl (C=O) groups excluding carboxylic acids is 3. The molecule has 0 spiro atoms. The lowest BCUT2D eigenvalue weighted by Crippen LogP contribution is -2.74. The number of amides is 2. The van der Waals surface area contributed by atoms with Gasteiger partial charge in [-0.1, -0.05) is 93.6 Å². The number of benzene rings is 2. The smallest absolute Gasteiger partial charge is 0.408 e. The van der Waals surface area contributed by atoms with Crippen LogP contribution in [-0.4, -0.2) is 63.0 Å². The Morgan fingerprint density at radius 2 is 1.66 bits per heavy atom. The summed E-state index contributed by atoms with van der Waals surface area (Å²) in [6.45, 7) is 10.6. The first-order valence-electron chi connectivity index (χ1n) is 12.7. The normalized spacial score (nSPS) is 18.6. The summed E-state index contributed by atoms with van der Waals surface area (Å²) in [5, 5.41) is 2.60. The maximum absolute atomic E-state index is 13.3. The summed E-state index contributed by atoms with van der Waals surface area (Å²) in [7, 11) is -0.927. The van der Waals surface area contributed by atoms with Crippen LogP contribution < -0.4 is 5.32 Å². The highest BCUT2D eigenvalue weighted by molar-refractivity contribution is 6.74. The average molecular weight is 539 g/mol. The highest BCUT2D eigenvalue weighted by Crippen LogP contribution is 2.37. The lowest BCUT2D eigenvalue weighted by molar-refractivity contribution is -0.166. The van der Waals surface area contributed by atoms with E-state index in [1.807, 2.05) is 66.7 Å². The summed E-state index contributed by atoms with van der Waals surface area (Å²) >= 11 is 0. The fourth-order valence-corrected chi connectivity index (χ4v) is 4.82. The van der Waals surface area contributed by atoms with Gasteiger partial charge in [-0.15, -0.1) is 0 Å².